The Morgan fingerprint density at radius 1 is 1.08 bits per heavy atom. The third kappa shape index (κ3) is 6.03. The van der Waals surface area contributed by atoms with E-state index < -0.39 is 5.76 Å². The van der Waals surface area contributed by atoms with Crippen molar-refractivity contribution < 1.29 is 14.0 Å². The third-order valence-corrected chi connectivity index (χ3v) is 6.72. The number of hydrogen-bond acceptors (Lipinski definition) is 7. The molecule has 10 nitrogen and oxygen atoms in total. The molecule has 2 heterocycles. The third-order valence-electron chi connectivity index (χ3n) is 6.72. The molecule has 0 saturated carbocycles. The summed E-state index contributed by atoms with van der Waals surface area (Å²) in [6, 6.07) is 12.1. The van der Waals surface area contributed by atoms with Gasteiger partial charge in [0.25, 0.3) is 5.91 Å². The van der Waals surface area contributed by atoms with Crippen molar-refractivity contribution in [2.24, 2.45) is 7.05 Å². The van der Waals surface area contributed by atoms with Crippen molar-refractivity contribution in [3.8, 4) is 0 Å². The number of anilines is 1. The van der Waals surface area contributed by atoms with Crippen LogP contribution in [-0.4, -0.2) is 65.7 Å². The van der Waals surface area contributed by atoms with Gasteiger partial charge in [-0.1, -0.05) is 38.1 Å². The summed E-state index contributed by atoms with van der Waals surface area (Å²) in [6.45, 7) is 8.43. The molecule has 1 aromatic heterocycles. The minimum atomic E-state index is -0.460. The molecule has 2 amide bonds. The van der Waals surface area contributed by atoms with Crippen LogP contribution in [0.4, 0.5) is 5.69 Å². The summed E-state index contributed by atoms with van der Waals surface area (Å²) in [5, 5.41) is 9.84. The first-order valence-electron chi connectivity index (χ1n) is 12.6. The lowest BCUT2D eigenvalue weighted by Gasteiger charge is -2.32. The first kappa shape index (κ1) is 26.4. The van der Waals surface area contributed by atoms with Crippen molar-refractivity contribution >= 4 is 28.6 Å². The molecule has 0 saturated heterocycles. The number of hydrogen-bond donors (Lipinski definition) is 2. The zero-order valence-electron chi connectivity index (χ0n) is 22.2. The Morgan fingerprint density at radius 2 is 1.76 bits per heavy atom. The molecular weight excluding hydrogens is 472 g/mol. The average Bonchev–Trinajstić information content (AvgIpc) is 3.40. The van der Waals surface area contributed by atoms with Gasteiger partial charge in [-0.25, -0.2) is 9.80 Å². The van der Waals surface area contributed by atoms with E-state index in [4.69, 9.17) is 4.42 Å². The van der Waals surface area contributed by atoms with E-state index in [9.17, 15) is 14.4 Å². The number of benzene rings is 2. The second-order valence-electron chi connectivity index (χ2n) is 9.86. The fourth-order valence-corrected chi connectivity index (χ4v) is 4.57. The minimum absolute atomic E-state index is 0.000368. The molecule has 37 heavy (non-hydrogen) atoms. The molecule has 1 aliphatic heterocycles. The maximum Gasteiger partial charge on any atom is 0.419 e. The molecule has 0 unspecified atom stereocenters. The highest BCUT2D eigenvalue weighted by molar-refractivity contribution is 5.89. The fourth-order valence-electron chi connectivity index (χ4n) is 4.57. The number of rotatable bonds is 10. The van der Waals surface area contributed by atoms with Crippen LogP contribution in [0, 0.1) is 6.92 Å². The number of nitrogens with zero attached hydrogens (tertiary/aromatic N) is 4. The number of oxazole rings is 1. The predicted molar refractivity (Wildman–Crippen MR) is 143 cm³/mol. The van der Waals surface area contributed by atoms with Crippen LogP contribution >= 0.6 is 0 Å². The van der Waals surface area contributed by atoms with E-state index in [-0.39, 0.29) is 24.9 Å². The highest BCUT2D eigenvalue weighted by Crippen LogP contribution is 2.27. The Kier molecular flexibility index (Phi) is 7.99. The number of amides is 2. The van der Waals surface area contributed by atoms with Gasteiger partial charge >= 0.3 is 5.76 Å². The summed E-state index contributed by atoms with van der Waals surface area (Å²) < 4.78 is 6.74. The number of likely N-dealkylation sites (N-methyl/N-ethyl adjacent to an activating group) is 1. The molecule has 3 aromatic rings. The second-order valence-corrected chi connectivity index (χ2v) is 9.86. The van der Waals surface area contributed by atoms with Crippen LogP contribution in [0.5, 0.6) is 0 Å². The minimum Gasteiger partial charge on any atom is -0.408 e. The topological polar surface area (TPSA) is 103 Å². The van der Waals surface area contributed by atoms with E-state index >= 15 is 0 Å². The van der Waals surface area contributed by atoms with E-state index in [2.05, 4.69) is 22.8 Å². The average molecular weight is 509 g/mol. The van der Waals surface area contributed by atoms with Crippen LogP contribution < -0.4 is 21.3 Å². The van der Waals surface area contributed by atoms with Gasteiger partial charge in [0, 0.05) is 52.0 Å². The molecule has 0 spiro atoms. The normalized spacial score (nSPS) is 13.2. The number of carbonyl (C=O) groups excluding carboxylic acids is 2. The molecule has 2 N–H and O–H groups in total. The summed E-state index contributed by atoms with van der Waals surface area (Å²) in [4.78, 5) is 40.2. The van der Waals surface area contributed by atoms with Crippen molar-refractivity contribution in [3.63, 3.8) is 0 Å². The van der Waals surface area contributed by atoms with Gasteiger partial charge < -0.3 is 20.0 Å². The second kappa shape index (κ2) is 11.2. The molecule has 0 fully saturated rings. The lowest BCUT2D eigenvalue weighted by atomic mass is 10.1. The fraction of sp³-hybridized carbons (Fsp3) is 0.444. The Bertz CT molecular complexity index is 1320. The Labute approximate surface area is 216 Å². The zero-order valence-corrected chi connectivity index (χ0v) is 22.2. The van der Waals surface area contributed by atoms with Gasteiger partial charge in [0.2, 0.25) is 5.91 Å². The van der Waals surface area contributed by atoms with Gasteiger partial charge in [-0.3, -0.25) is 19.2 Å². The monoisotopic (exact) mass is 508 g/mol. The molecule has 0 bridgehead atoms. The van der Waals surface area contributed by atoms with Gasteiger partial charge in [-0.2, -0.15) is 0 Å². The summed E-state index contributed by atoms with van der Waals surface area (Å²) in [7, 11) is 3.40. The lowest BCUT2D eigenvalue weighted by molar-refractivity contribution is -0.145. The van der Waals surface area contributed by atoms with Gasteiger partial charge in [0.05, 0.1) is 18.6 Å². The van der Waals surface area contributed by atoms with Crippen LogP contribution in [-0.2, 0) is 29.7 Å². The molecular formula is C27H36N6O4. The van der Waals surface area contributed by atoms with Crippen molar-refractivity contribution in [2.75, 3.05) is 38.1 Å². The van der Waals surface area contributed by atoms with Gasteiger partial charge in [-0.05, 0) is 35.7 Å². The number of nitrogens with one attached hydrogen (secondary N) is 2. The van der Waals surface area contributed by atoms with Crippen molar-refractivity contribution in [1.82, 2.24) is 25.2 Å². The molecule has 0 aliphatic carbocycles. The zero-order chi connectivity index (χ0) is 26.7. The Hall–Kier alpha value is -3.63. The molecule has 4 rings (SSSR count). The maximum absolute atomic E-state index is 13.5. The van der Waals surface area contributed by atoms with E-state index in [1.54, 1.807) is 30.1 Å². The molecule has 1 aliphatic rings. The number of fused-ring (bicyclic) bond motifs is 2. The van der Waals surface area contributed by atoms with E-state index in [1.807, 2.05) is 44.0 Å². The summed E-state index contributed by atoms with van der Waals surface area (Å²) in [6.07, 6.45) is 0. The van der Waals surface area contributed by atoms with Gasteiger partial charge in [0.15, 0.2) is 5.58 Å². The number of carbonyl (C=O) groups is 2. The van der Waals surface area contributed by atoms with Crippen LogP contribution in [0.25, 0.3) is 11.1 Å². The van der Waals surface area contributed by atoms with E-state index in [1.165, 1.54) is 15.7 Å². The first-order chi connectivity index (χ1) is 17.6. The highest BCUT2D eigenvalue weighted by Gasteiger charge is 2.27. The van der Waals surface area contributed by atoms with Crippen molar-refractivity contribution in [1.29, 1.82) is 0 Å². The molecule has 0 atom stereocenters. The molecule has 0 radical (unpaired) electrons. The first-order valence-corrected chi connectivity index (χ1v) is 12.6. The number of aromatic nitrogens is 1. The summed E-state index contributed by atoms with van der Waals surface area (Å²) >= 11 is 0. The summed E-state index contributed by atoms with van der Waals surface area (Å²) in [5.41, 5.74) is 4.99. The highest BCUT2D eigenvalue weighted by atomic mass is 16.4. The molecule has 2 aromatic carbocycles. The number of aryl methyl sites for hydroxylation is 2. The van der Waals surface area contributed by atoms with Gasteiger partial charge in [-0.15, -0.1) is 0 Å². The quantitative estimate of drug-likeness (QED) is 0.402. The maximum atomic E-state index is 13.5. The standard InChI is InChI=1S/C27H36N6O4/c1-18(2)28-10-11-29-25(34)16-32(22-13-23-24(12-19(22)3)37-27(36)30(23)4)17-26(35)31(5)33-14-20-8-6-7-9-21(20)15-33/h6-9,12-13,18,28H,10-11,14-17H2,1-5H3,(H,29,34). The smallest absolute Gasteiger partial charge is 0.408 e. The molecule has 10 heteroatoms. The van der Waals surface area contributed by atoms with Crippen molar-refractivity contribution in [3.05, 3.63) is 63.6 Å². The number of hydrazine groups is 1. The Morgan fingerprint density at radius 3 is 2.41 bits per heavy atom. The van der Waals surface area contributed by atoms with Crippen LogP contribution in [0.3, 0.4) is 0 Å². The predicted octanol–water partition coefficient (Wildman–Crippen LogP) is 1.75. The van der Waals surface area contributed by atoms with Gasteiger partial charge in [0.1, 0.15) is 0 Å². The van der Waals surface area contributed by atoms with Crippen LogP contribution in [0.2, 0.25) is 0 Å². The Balaban J connectivity index is 1.54. The lowest BCUT2D eigenvalue weighted by Crippen LogP contribution is -2.48. The summed E-state index contributed by atoms with van der Waals surface area (Å²) in [5.74, 6) is -0.782. The SMILES string of the molecule is Cc1cc2oc(=O)n(C)c2cc1N(CC(=O)NCCNC(C)C)CC(=O)N(C)N1Cc2ccccc2C1. The van der Waals surface area contributed by atoms with E-state index in [0.29, 0.717) is 49.0 Å². The van der Waals surface area contributed by atoms with E-state index in [0.717, 1.165) is 5.56 Å². The van der Waals surface area contributed by atoms with Crippen molar-refractivity contribution in [2.45, 2.75) is 39.9 Å². The van der Waals surface area contributed by atoms with Crippen LogP contribution in [0.1, 0.15) is 30.5 Å². The molecule has 198 valence electrons. The largest absolute Gasteiger partial charge is 0.419 e. The van der Waals surface area contributed by atoms with Crippen LogP contribution in [0.15, 0.2) is 45.6 Å².